The number of imide groups is 1. The number of ether oxygens (including phenoxy) is 1. The normalized spacial score (nSPS) is 20.0. The van der Waals surface area contributed by atoms with Crippen molar-refractivity contribution >= 4 is 17.8 Å². The van der Waals surface area contributed by atoms with Gasteiger partial charge >= 0.3 is 6.03 Å². The molecule has 2 heterocycles. The van der Waals surface area contributed by atoms with Gasteiger partial charge in [-0.1, -0.05) is 30.3 Å². The molecule has 0 bridgehead atoms. The van der Waals surface area contributed by atoms with Crippen LogP contribution in [0.15, 0.2) is 42.6 Å². The minimum absolute atomic E-state index is 0.194. The number of hydrogen-bond donors (Lipinski definition) is 2. The van der Waals surface area contributed by atoms with E-state index in [2.05, 4.69) is 15.6 Å². The molecule has 8 heteroatoms. The molecule has 1 aliphatic carbocycles. The predicted molar refractivity (Wildman–Crippen MR) is 104 cm³/mol. The molecule has 1 aromatic carbocycles. The van der Waals surface area contributed by atoms with Crippen molar-refractivity contribution in [3.05, 3.63) is 59.3 Å². The van der Waals surface area contributed by atoms with Crippen LogP contribution in [0.2, 0.25) is 0 Å². The number of aromatic nitrogens is 1. The zero-order valence-corrected chi connectivity index (χ0v) is 16.1. The fourth-order valence-corrected chi connectivity index (χ4v) is 3.95. The Kier molecular flexibility index (Phi) is 4.92. The number of fused-ring (bicyclic) bond motifs is 2. The van der Waals surface area contributed by atoms with Crippen LogP contribution in [0.4, 0.5) is 4.79 Å². The number of pyridine rings is 1. The summed E-state index contributed by atoms with van der Waals surface area (Å²) in [6.45, 7) is 2.17. The smallest absolute Gasteiger partial charge is 0.325 e. The highest BCUT2D eigenvalue weighted by atomic mass is 16.5. The average Bonchev–Trinajstić information content (AvgIpc) is 3.21. The lowest BCUT2D eigenvalue weighted by Gasteiger charge is -2.22. The van der Waals surface area contributed by atoms with Crippen molar-refractivity contribution in [3.63, 3.8) is 0 Å². The molecule has 150 valence electrons. The van der Waals surface area contributed by atoms with Gasteiger partial charge in [-0.25, -0.2) is 9.78 Å². The number of carbonyl (C=O) groups is 3. The van der Waals surface area contributed by atoms with E-state index in [0.717, 1.165) is 21.6 Å². The number of benzene rings is 1. The van der Waals surface area contributed by atoms with Crippen LogP contribution < -0.4 is 15.4 Å². The Morgan fingerprint density at radius 2 is 2.10 bits per heavy atom. The van der Waals surface area contributed by atoms with Crippen molar-refractivity contribution in [2.45, 2.75) is 31.8 Å². The summed E-state index contributed by atoms with van der Waals surface area (Å²) in [6, 6.07) is 10.6. The maximum absolute atomic E-state index is 13.1. The maximum atomic E-state index is 13.1. The highest BCUT2D eigenvalue weighted by Crippen LogP contribution is 2.41. The topological polar surface area (TPSA) is 101 Å². The predicted octanol–water partition coefficient (Wildman–Crippen LogP) is 1.49. The van der Waals surface area contributed by atoms with E-state index in [9.17, 15) is 14.4 Å². The fourth-order valence-electron chi connectivity index (χ4n) is 3.95. The summed E-state index contributed by atoms with van der Waals surface area (Å²) >= 11 is 0. The molecule has 1 saturated heterocycles. The number of nitrogens with one attached hydrogen (secondary N) is 2. The minimum Gasteiger partial charge on any atom is -0.478 e. The van der Waals surface area contributed by atoms with Crippen molar-refractivity contribution < 1.29 is 19.1 Å². The quantitative estimate of drug-likeness (QED) is 0.723. The van der Waals surface area contributed by atoms with Crippen LogP contribution >= 0.6 is 0 Å². The number of aryl methyl sites for hydroxylation is 1. The first-order valence-corrected chi connectivity index (χ1v) is 9.61. The molecule has 1 atom stereocenters. The van der Waals surface area contributed by atoms with Gasteiger partial charge in [0.15, 0.2) is 0 Å². The Hall–Kier alpha value is -3.42. The van der Waals surface area contributed by atoms with Gasteiger partial charge in [-0.2, -0.15) is 0 Å². The Balaban J connectivity index is 1.43. The molecule has 1 fully saturated rings. The minimum atomic E-state index is -1.06. The summed E-state index contributed by atoms with van der Waals surface area (Å²) < 4.78 is 5.44. The number of carbonyl (C=O) groups excluding carboxylic acids is 3. The van der Waals surface area contributed by atoms with Gasteiger partial charge in [0.25, 0.3) is 5.91 Å². The molecule has 1 spiro atoms. The lowest BCUT2D eigenvalue weighted by atomic mass is 9.92. The lowest BCUT2D eigenvalue weighted by Crippen LogP contribution is -2.43. The molecule has 29 heavy (non-hydrogen) atoms. The molecule has 0 unspecified atom stereocenters. The van der Waals surface area contributed by atoms with E-state index >= 15 is 0 Å². The maximum Gasteiger partial charge on any atom is 0.325 e. The van der Waals surface area contributed by atoms with Crippen molar-refractivity contribution in [3.8, 4) is 5.88 Å². The number of urea groups is 1. The third kappa shape index (κ3) is 3.30. The van der Waals surface area contributed by atoms with Crippen LogP contribution in [0.3, 0.4) is 0 Å². The molecule has 2 aromatic rings. The van der Waals surface area contributed by atoms with Crippen LogP contribution in [-0.4, -0.2) is 40.9 Å². The van der Waals surface area contributed by atoms with Gasteiger partial charge in [0.05, 0.1) is 6.61 Å². The van der Waals surface area contributed by atoms with Gasteiger partial charge in [-0.15, -0.1) is 0 Å². The molecule has 0 saturated carbocycles. The molecule has 4 rings (SSSR count). The van der Waals surface area contributed by atoms with Crippen molar-refractivity contribution in [2.75, 3.05) is 13.2 Å². The average molecular weight is 394 g/mol. The second-order valence-corrected chi connectivity index (χ2v) is 7.06. The summed E-state index contributed by atoms with van der Waals surface area (Å²) in [5, 5.41) is 5.55. The van der Waals surface area contributed by atoms with Gasteiger partial charge in [0, 0.05) is 18.3 Å². The molecule has 2 N–H and O–H groups in total. The SMILES string of the molecule is CCOc1ncccc1CNC(=O)CN1C(=O)N[C@@]2(CCc3ccccc32)C1=O. The standard InChI is InChI=1S/C21H22N4O4/c1-2-29-18-15(7-5-11-22-18)12-23-17(26)13-25-19(27)21(24-20(25)28)10-9-14-6-3-4-8-16(14)21/h3-8,11H,2,9-10,12-13H2,1H3,(H,23,26)(H,24,28)/t21-/m1/s1. The summed E-state index contributed by atoms with van der Waals surface area (Å²) in [5.41, 5.74) is 1.53. The summed E-state index contributed by atoms with van der Waals surface area (Å²) in [6.07, 6.45) is 2.83. The summed E-state index contributed by atoms with van der Waals surface area (Å²) in [7, 11) is 0. The van der Waals surface area contributed by atoms with Crippen molar-refractivity contribution in [1.29, 1.82) is 0 Å². The number of rotatable bonds is 6. The van der Waals surface area contributed by atoms with E-state index in [1.807, 2.05) is 31.2 Å². The molecule has 0 radical (unpaired) electrons. The van der Waals surface area contributed by atoms with Crippen molar-refractivity contribution in [1.82, 2.24) is 20.5 Å². The first-order chi connectivity index (χ1) is 14.0. The third-order valence-corrected chi connectivity index (χ3v) is 5.33. The third-order valence-electron chi connectivity index (χ3n) is 5.33. The molecular formula is C21H22N4O4. The molecule has 1 aromatic heterocycles. The van der Waals surface area contributed by atoms with E-state index < -0.39 is 17.5 Å². The fraction of sp³-hybridized carbons (Fsp3) is 0.333. The second kappa shape index (κ2) is 7.54. The highest BCUT2D eigenvalue weighted by molar-refractivity contribution is 6.09. The number of amides is 4. The van der Waals surface area contributed by atoms with Gasteiger partial charge in [0.2, 0.25) is 11.8 Å². The monoisotopic (exact) mass is 394 g/mol. The van der Waals surface area contributed by atoms with Crippen LogP contribution in [0, 0.1) is 0 Å². The first kappa shape index (κ1) is 18.9. The Labute approximate surface area is 168 Å². The molecule has 1 aliphatic heterocycles. The van der Waals surface area contributed by atoms with E-state index in [4.69, 9.17) is 4.74 Å². The van der Waals surface area contributed by atoms with E-state index in [1.165, 1.54) is 0 Å². The van der Waals surface area contributed by atoms with Crippen LogP contribution in [0.5, 0.6) is 5.88 Å². The highest BCUT2D eigenvalue weighted by Gasteiger charge is 2.55. The summed E-state index contributed by atoms with van der Waals surface area (Å²) in [5.74, 6) is -0.353. The largest absolute Gasteiger partial charge is 0.478 e. The Morgan fingerprint density at radius 1 is 1.28 bits per heavy atom. The van der Waals surface area contributed by atoms with E-state index in [-0.39, 0.29) is 19.0 Å². The van der Waals surface area contributed by atoms with Gasteiger partial charge in [0.1, 0.15) is 12.1 Å². The van der Waals surface area contributed by atoms with Crippen LogP contribution in [-0.2, 0) is 28.1 Å². The number of hydrogen-bond acceptors (Lipinski definition) is 5. The lowest BCUT2D eigenvalue weighted by molar-refractivity contribution is -0.135. The first-order valence-electron chi connectivity index (χ1n) is 9.61. The molecule has 2 aliphatic rings. The van der Waals surface area contributed by atoms with E-state index in [0.29, 0.717) is 25.3 Å². The van der Waals surface area contributed by atoms with Crippen LogP contribution in [0.1, 0.15) is 30.0 Å². The van der Waals surface area contributed by atoms with Gasteiger partial charge in [-0.05, 0) is 37.0 Å². The van der Waals surface area contributed by atoms with E-state index in [1.54, 1.807) is 18.3 Å². The zero-order chi connectivity index (χ0) is 20.4. The summed E-state index contributed by atoms with van der Waals surface area (Å²) in [4.78, 5) is 43.1. The molecular weight excluding hydrogens is 372 g/mol. The van der Waals surface area contributed by atoms with Gasteiger partial charge < -0.3 is 15.4 Å². The van der Waals surface area contributed by atoms with Crippen LogP contribution in [0.25, 0.3) is 0 Å². The molecule has 8 nitrogen and oxygen atoms in total. The van der Waals surface area contributed by atoms with Crippen molar-refractivity contribution in [2.24, 2.45) is 0 Å². The number of nitrogens with zero attached hydrogens (tertiary/aromatic N) is 2. The second-order valence-electron chi connectivity index (χ2n) is 7.06. The zero-order valence-electron chi connectivity index (χ0n) is 16.1. The Morgan fingerprint density at radius 3 is 2.93 bits per heavy atom. The molecule has 4 amide bonds. The van der Waals surface area contributed by atoms with Gasteiger partial charge in [-0.3, -0.25) is 14.5 Å². The Bertz CT molecular complexity index is 977.